The average Bonchev–Trinajstić information content (AvgIpc) is 3.16. The Labute approximate surface area is 188 Å². The average molecular weight is 436 g/mol. The fraction of sp³-hybridized carbons (Fsp3) is 0.462. The standard InChI is InChI=1S/C26H29NO5/c28-25(29)24-15-31-14-11-18(24)17-9-12-27(13-10-17)26(30)32-16-23-21-7-3-1-5-19(21)20-6-2-4-8-22(20)23/h1-8,17-18,23-24H,9-16H2,(H,28,29). The van der Waals surface area contributed by atoms with E-state index in [-0.39, 0.29) is 17.9 Å². The number of hydrogen-bond acceptors (Lipinski definition) is 4. The van der Waals surface area contributed by atoms with Gasteiger partial charge in [-0.2, -0.15) is 0 Å². The first-order chi connectivity index (χ1) is 15.6. The van der Waals surface area contributed by atoms with Crippen molar-refractivity contribution in [3.8, 4) is 11.1 Å². The molecule has 0 saturated carbocycles. The van der Waals surface area contributed by atoms with Crippen LogP contribution in [0, 0.1) is 17.8 Å². The molecule has 2 heterocycles. The molecule has 1 N–H and O–H groups in total. The van der Waals surface area contributed by atoms with Gasteiger partial charge < -0.3 is 19.5 Å². The van der Waals surface area contributed by atoms with E-state index in [9.17, 15) is 14.7 Å². The first-order valence-corrected chi connectivity index (χ1v) is 11.5. The number of aliphatic carboxylic acids is 1. The third kappa shape index (κ3) is 3.88. The molecular weight excluding hydrogens is 406 g/mol. The molecule has 3 aliphatic rings. The van der Waals surface area contributed by atoms with Crippen LogP contribution >= 0.6 is 0 Å². The third-order valence-electron chi connectivity index (χ3n) is 7.47. The smallest absolute Gasteiger partial charge is 0.409 e. The summed E-state index contributed by atoms with van der Waals surface area (Å²) in [6.07, 6.45) is 2.15. The molecule has 1 amide bonds. The maximum atomic E-state index is 12.8. The predicted molar refractivity (Wildman–Crippen MR) is 119 cm³/mol. The van der Waals surface area contributed by atoms with E-state index < -0.39 is 11.9 Å². The van der Waals surface area contributed by atoms with Crippen LogP contribution in [-0.4, -0.2) is 55.0 Å². The molecule has 6 heteroatoms. The quantitative estimate of drug-likeness (QED) is 0.771. The van der Waals surface area contributed by atoms with Crippen LogP contribution in [0.25, 0.3) is 11.1 Å². The van der Waals surface area contributed by atoms with Crippen LogP contribution in [-0.2, 0) is 14.3 Å². The summed E-state index contributed by atoms with van der Waals surface area (Å²) < 4.78 is 11.2. The number of rotatable bonds is 4. The van der Waals surface area contributed by atoms with Gasteiger partial charge in [-0.15, -0.1) is 0 Å². The van der Waals surface area contributed by atoms with E-state index in [1.54, 1.807) is 4.90 Å². The van der Waals surface area contributed by atoms with E-state index in [2.05, 4.69) is 24.3 Å². The lowest BCUT2D eigenvalue weighted by atomic mass is 9.74. The third-order valence-corrected chi connectivity index (χ3v) is 7.47. The van der Waals surface area contributed by atoms with Crippen molar-refractivity contribution in [2.45, 2.75) is 25.2 Å². The Morgan fingerprint density at radius 2 is 1.59 bits per heavy atom. The molecule has 0 spiro atoms. The Balaban J connectivity index is 1.19. The summed E-state index contributed by atoms with van der Waals surface area (Å²) in [7, 11) is 0. The summed E-state index contributed by atoms with van der Waals surface area (Å²) in [6, 6.07) is 16.6. The van der Waals surface area contributed by atoms with Crippen molar-refractivity contribution < 1.29 is 24.2 Å². The molecule has 2 unspecified atom stereocenters. The van der Waals surface area contributed by atoms with E-state index in [4.69, 9.17) is 9.47 Å². The Kier molecular flexibility index (Phi) is 5.87. The maximum Gasteiger partial charge on any atom is 0.409 e. The monoisotopic (exact) mass is 435 g/mol. The molecule has 2 fully saturated rings. The number of amides is 1. The Bertz CT molecular complexity index is 952. The molecule has 2 aromatic carbocycles. The van der Waals surface area contributed by atoms with Gasteiger partial charge in [-0.25, -0.2) is 4.79 Å². The SMILES string of the molecule is O=C(O)C1COCCC1C1CCN(C(=O)OCC2c3ccccc3-c3ccccc32)CC1. The summed E-state index contributed by atoms with van der Waals surface area (Å²) in [6.45, 7) is 2.48. The van der Waals surface area contributed by atoms with Gasteiger partial charge in [0.2, 0.25) is 0 Å². The zero-order valence-corrected chi connectivity index (χ0v) is 18.1. The maximum absolute atomic E-state index is 12.8. The van der Waals surface area contributed by atoms with E-state index >= 15 is 0 Å². The summed E-state index contributed by atoms with van der Waals surface area (Å²) in [5, 5.41) is 9.53. The van der Waals surface area contributed by atoms with Crippen molar-refractivity contribution in [3.63, 3.8) is 0 Å². The molecule has 2 aliphatic heterocycles. The number of carboxylic acids is 1. The first kappa shape index (κ1) is 21.0. The molecular formula is C26H29NO5. The van der Waals surface area contributed by atoms with E-state index in [0.717, 1.165) is 19.3 Å². The van der Waals surface area contributed by atoms with Crippen LogP contribution in [0.3, 0.4) is 0 Å². The highest BCUT2D eigenvalue weighted by Crippen LogP contribution is 2.44. The number of carboxylic acid groups (broad SMARTS) is 1. The van der Waals surface area contributed by atoms with Gasteiger partial charge in [0.25, 0.3) is 0 Å². The molecule has 0 radical (unpaired) electrons. The van der Waals surface area contributed by atoms with Crippen LogP contribution in [0.5, 0.6) is 0 Å². The van der Waals surface area contributed by atoms with Crippen LogP contribution in [0.2, 0.25) is 0 Å². The van der Waals surface area contributed by atoms with Gasteiger partial charge >= 0.3 is 12.1 Å². The lowest BCUT2D eigenvalue weighted by Crippen LogP contribution is -2.44. The van der Waals surface area contributed by atoms with Crippen LogP contribution in [0.1, 0.15) is 36.3 Å². The number of carbonyl (C=O) groups excluding carboxylic acids is 1. The van der Waals surface area contributed by atoms with Gasteiger partial charge in [-0.05, 0) is 53.4 Å². The number of ether oxygens (including phenoxy) is 2. The van der Waals surface area contributed by atoms with Gasteiger partial charge in [0, 0.05) is 25.6 Å². The molecule has 6 nitrogen and oxygen atoms in total. The number of fused-ring (bicyclic) bond motifs is 3. The van der Waals surface area contributed by atoms with Crippen LogP contribution < -0.4 is 0 Å². The van der Waals surface area contributed by atoms with E-state index in [0.29, 0.717) is 38.8 Å². The topological polar surface area (TPSA) is 76.1 Å². The summed E-state index contributed by atoms with van der Waals surface area (Å²) in [5.41, 5.74) is 4.85. The molecule has 0 bridgehead atoms. The van der Waals surface area contributed by atoms with Crippen molar-refractivity contribution in [2.24, 2.45) is 17.8 Å². The number of likely N-dealkylation sites (tertiary alicyclic amines) is 1. The lowest BCUT2D eigenvalue weighted by Gasteiger charge is -2.39. The number of nitrogens with zero attached hydrogens (tertiary/aromatic N) is 1. The molecule has 32 heavy (non-hydrogen) atoms. The Hall–Kier alpha value is -2.86. The molecule has 0 aromatic heterocycles. The fourth-order valence-electron chi connectivity index (χ4n) is 5.77. The number of piperidine rings is 1. The number of benzene rings is 2. The van der Waals surface area contributed by atoms with E-state index in [1.807, 2.05) is 24.3 Å². The van der Waals surface area contributed by atoms with Crippen LogP contribution in [0.4, 0.5) is 4.79 Å². The summed E-state index contributed by atoms with van der Waals surface area (Å²) in [4.78, 5) is 26.2. The van der Waals surface area contributed by atoms with Gasteiger partial charge in [0.15, 0.2) is 0 Å². The highest BCUT2D eigenvalue weighted by Gasteiger charge is 2.39. The zero-order valence-electron chi connectivity index (χ0n) is 18.1. The molecule has 2 atom stereocenters. The zero-order chi connectivity index (χ0) is 22.1. The highest BCUT2D eigenvalue weighted by molar-refractivity contribution is 5.79. The first-order valence-electron chi connectivity index (χ1n) is 11.5. The highest BCUT2D eigenvalue weighted by atomic mass is 16.6. The van der Waals surface area contributed by atoms with Gasteiger partial charge in [-0.3, -0.25) is 4.79 Å². The minimum Gasteiger partial charge on any atom is -0.481 e. The van der Waals surface area contributed by atoms with E-state index in [1.165, 1.54) is 22.3 Å². The second-order valence-corrected chi connectivity index (χ2v) is 9.10. The lowest BCUT2D eigenvalue weighted by molar-refractivity contribution is -0.151. The Morgan fingerprint density at radius 1 is 0.969 bits per heavy atom. The minimum atomic E-state index is -0.770. The summed E-state index contributed by atoms with van der Waals surface area (Å²) >= 11 is 0. The predicted octanol–water partition coefficient (Wildman–Crippen LogP) is 4.38. The normalized spacial score (nSPS) is 23.4. The molecule has 1 aliphatic carbocycles. The van der Waals surface area contributed by atoms with Crippen molar-refractivity contribution in [1.29, 1.82) is 0 Å². The van der Waals surface area contributed by atoms with Crippen molar-refractivity contribution in [1.82, 2.24) is 4.90 Å². The molecule has 5 rings (SSSR count). The number of carbonyl (C=O) groups is 2. The Morgan fingerprint density at radius 3 is 2.22 bits per heavy atom. The van der Waals surface area contributed by atoms with Crippen molar-refractivity contribution >= 4 is 12.1 Å². The number of hydrogen-bond donors (Lipinski definition) is 1. The van der Waals surface area contributed by atoms with Crippen molar-refractivity contribution in [2.75, 3.05) is 32.9 Å². The fourth-order valence-corrected chi connectivity index (χ4v) is 5.77. The van der Waals surface area contributed by atoms with Gasteiger partial charge in [0.05, 0.1) is 12.5 Å². The van der Waals surface area contributed by atoms with Gasteiger partial charge in [0.1, 0.15) is 6.61 Å². The van der Waals surface area contributed by atoms with Gasteiger partial charge in [-0.1, -0.05) is 48.5 Å². The molecule has 168 valence electrons. The van der Waals surface area contributed by atoms with Crippen LogP contribution in [0.15, 0.2) is 48.5 Å². The van der Waals surface area contributed by atoms with Crippen molar-refractivity contribution in [3.05, 3.63) is 59.7 Å². The molecule has 2 saturated heterocycles. The minimum absolute atomic E-state index is 0.0578. The second-order valence-electron chi connectivity index (χ2n) is 9.10. The largest absolute Gasteiger partial charge is 0.481 e. The second kappa shape index (κ2) is 8.94. The summed E-state index contributed by atoms with van der Waals surface area (Å²) in [5.74, 6) is -0.700. The molecule has 2 aromatic rings.